The molecule has 1 N–H and O–H groups in total. The second-order valence-electron chi connectivity index (χ2n) is 4.54. The van der Waals surface area contributed by atoms with Crippen LogP contribution in [0.3, 0.4) is 0 Å². The molecule has 2 rings (SSSR count). The van der Waals surface area contributed by atoms with Gasteiger partial charge in [-0.05, 0) is 41.7 Å². The van der Waals surface area contributed by atoms with Crippen molar-refractivity contribution in [2.75, 3.05) is 19.7 Å². The molecule has 1 aliphatic heterocycles. The summed E-state index contributed by atoms with van der Waals surface area (Å²) in [7, 11) is 1.98. The second kappa shape index (κ2) is 4.85. The van der Waals surface area contributed by atoms with Crippen LogP contribution in [0.5, 0.6) is 0 Å². The molecule has 0 saturated carbocycles. The zero-order chi connectivity index (χ0) is 11.7. The standard InChI is InChI=1S/C11H18BrN3O/c1-8-11(12)10(14(2)13-8)6-15-4-3-9(5-15)7-16/h9,16H,3-7H2,1-2H3. The van der Waals surface area contributed by atoms with Crippen molar-refractivity contribution in [3.8, 4) is 0 Å². The first-order valence-corrected chi connectivity index (χ1v) is 6.42. The lowest BCUT2D eigenvalue weighted by molar-refractivity contribution is 0.219. The summed E-state index contributed by atoms with van der Waals surface area (Å²) in [5.74, 6) is 0.452. The molecule has 2 heterocycles. The number of hydrogen-bond donors (Lipinski definition) is 1. The van der Waals surface area contributed by atoms with Crippen molar-refractivity contribution < 1.29 is 5.11 Å². The van der Waals surface area contributed by atoms with E-state index in [0.29, 0.717) is 12.5 Å². The van der Waals surface area contributed by atoms with E-state index in [-0.39, 0.29) is 0 Å². The Bertz CT molecular complexity index is 378. The second-order valence-corrected chi connectivity index (χ2v) is 5.34. The van der Waals surface area contributed by atoms with Gasteiger partial charge in [0.2, 0.25) is 0 Å². The van der Waals surface area contributed by atoms with Crippen LogP contribution < -0.4 is 0 Å². The average molecular weight is 288 g/mol. The van der Waals surface area contributed by atoms with Gasteiger partial charge in [0, 0.05) is 26.7 Å². The van der Waals surface area contributed by atoms with Gasteiger partial charge in [0.15, 0.2) is 0 Å². The topological polar surface area (TPSA) is 41.3 Å². The number of hydrogen-bond acceptors (Lipinski definition) is 3. The number of likely N-dealkylation sites (tertiary alicyclic amines) is 1. The number of aryl methyl sites for hydroxylation is 2. The van der Waals surface area contributed by atoms with Crippen LogP contribution in [-0.2, 0) is 13.6 Å². The molecule has 1 aliphatic rings. The van der Waals surface area contributed by atoms with E-state index >= 15 is 0 Å². The first kappa shape index (κ1) is 12.1. The van der Waals surface area contributed by atoms with E-state index in [1.165, 1.54) is 5.69 Å². The highest BCUT2D eigenvalue weighted by molar-refractivity contribution is 9.10. The number of nitrogens with zero attached hydrogens (tertiary/aromatic N) is 3. The van der Waals surface area contributed by atoms with Crippen LogP contribution in [0.2, 0.25) is 0 Å². The Labute approximate surface area is 104 Å². The van der Waals surface area contributed by atoms with Gasteiger partial charge in [-0.3, -0.25) is 9.58 Å². The third-order valence-corrected chi connectivity index (χ3v) is 4.29. The largest absolute Gasteiger partial charge is 0.396 e. The summed E-state index contributed by atoms with van der Waals surface area (Å²) < 4.78 is 3.05. The normalized spacial score (nSPS) is 21.9. The lowest BCUT2D eigenvalue weighted by Gasteiger charge is -2.15. The Hall–Kier alpha value is -0.390. The van der Waals surface area contributed by atoms with Crippen molar-refractivity contribution in [2.45, 2.75) is 19.9 Å². The molecule has 0 aliphatic carbocycles. The minimum atomic E-state index is 0.308. The zero-order valence-electron chi connectivity index (χ0n) is 9.78. The van der Waals surface area contributed by atoms with Crippen LogP contribution in [0.25, 0.3) is 0 Å². The van der Waals surface area contributed by atoms with Crippen molar-refractivity contribution in [2.24, 2.45) is 13.0 Å². The van der Waals surface area contributed by atoms with Gasteiger partial charge in [-0.25, -0.2) is 0 Å². The number of aliphatic hydroxyl groups is 1. The molecule has 0 radical (unpaired) electrons. The predicted octanol–water partition coefficient (Wildman–Crippen LogP) is 1.31. The summed E-state index contributed by atoms with van der Waals surface area (Å²) in [6, 6.07) is 0. The Morgan fingerprint density at radius 2 is 2.31 bits per heavy atom. The van der Waals surface area contributed by atoms with E-state index < -0.39 is 0 Å². The van der Waals surface area contributed by atoms with Gasteiger partial charge in [-0.2, -0.15) is 5.10 Å². The summed E-state index contributed by atoms with van der Waals surface area (Å²) in [6.45, 7) is 5.29. The smallest absolute Gasteiger partial charge is 0.0739 e. The number of aliphatic hydroxyl groups excluding tert-OH is 1. The molecule has 0 amide bonds. The van der Waals surface area contributed by atoms with Crippen LogP contribution in [0.15, 0.2) is 4.47 Å². The van der Waals surface area contributed by atoms with Crippen LogP contribution in [0.4, 0.5) is 0 Å². The number of rotatable bonds is 3. The van der Waals surface area contributed by atoms with E-state index in [0.717, 1.165) is 36.2 Å². The molecule has 1 aromatic heterocycles. The highest BCUT2D eigenvalue weighted by Crippen LogP contribution is 2.24. The predicted molar refractivity (Wildman–Crippen MR) is 66.1 cm³/mol. The van der Waals surface area contributed by atoms with E-state index in [1.54, 1.807) is 0 Å². The van der Waals surface area contributed by atoms with Crippen molar-refractivity contribution in [3.05, 3.63) is 15.9 Å². The fourth-order valence-electron chi connectivity index (χ4n) is 2.27. The first-order chi connectivity index (χ1) is 7.61. The highest BCUT2D eigenvalue weighted by atomic mass is 79.9. The van der Waals surface area contributed by atoms with Gasteiger partial charge in [0.1, 0.15) is 0 Å². The Kier molecular flexibility index (Phi) is 3.66. The number of aromatic nitrogens is 2. The Balaban J connectivity index is 2.04. The van der Waals surface area contributed by atoms with Gasteiger partial charge in [0.05, 0.1) is 15.9 Å². The van der Waals surface area contributed by atoms with Gasteiger partial charge in [0.25, 0.3) is 0 Å². The molecule has 0 bridgehead atoms. The summed E-state index contributed by atoms with van der Waals surface area (Å²) in [6.07, 6.45) is 1.10. The molecule has 1 saturated heterocycles. The zero-order valence-corrected chi connectivity index (χ0v) is 11.4. The molecule has 1 fully saturated rings. The van der Waals surface area contributed by atoms with Gasteiger partial charge >= 0.3 is 0 Å². The van der Waals surface area contributed by atoms with Crippen LogP contribution in [-0.4, -0.2) is 39.5 Å². The third kappa shape index (κ3) is 2.31. The van der Waals surface area contributed by atoms with Crippen molar-refractivity contribution in [1.29, 1.82) is 0 Å². The van der Waals surface area contributed by atoms with Crippen LogP contribution in [0.1, 0.15) is 17.8 Å². The fourth-order valence-corrected chi connectivity index (χ4v) is 2.73. The fraction of sp³-hybridized carbons (Fsp3) is 0.727. The van der Waals surface area contributed by atoms with Crippen molar-refractivity contribution in [1.82, 2.24) is 14.7 Å². The molecule has 0 spiro atoms. The SMILES string of the molecule is Cc1nn(C)c(CN2CCC(CO)C2)c1Br. The quantitative estimate of drug-likeness (QED) is 0.911. The van der Waals surface area contributed by atoms with E-state index in [2.05, 4.69) is 25.9 Å². The lowest BCUT2D eigenvalue weighted by Crippen LogP contribution is -2.22. The minimum Gasteiger partial charge on any atom is -0.396 e. The van der Waals surface area contributed by atoms with Crippen LogP contribution in [0, 0.1) is 12.8 Å². The minimum absolute atomic E-state index is 0.308. The first-order valence-electron chi connectivity index (χ1n) is 5.63. The third-order valence-electron chi connectivity index (χ3n) is 3.26. The monoisotopic (exact) mass is 287 g/mol. The molecular formula is C11H18BrN3O. The molecule has 1 unspecified atom stereocenters. The number of halogens is 1. The maximum atomic E-state index is 9.11. The van der Waals surface area contributed by atoms with Gasteiger partial charge in [-0.1, -0.05) is 0 Å². The molecule has 1 atom stereocenters. The van der Waals surface area contributed by atoms with E-state index in [1.807, 2.05) is 18.7 Å². The van der Waals surface area contributed by atoms with E-state index in [9.17, 15) is 0 Å². The summed E-state index contributed by atoms with van der Waals surface area (Å²) in [5.41, 5.74) is 2.26. The molecule has 5 heteroatoms. The average Bonchev–Trinajstić information content (AvgIpc) is 2.80. The maximum Gasteiger partial charge on any atom is 0.0739 e. The summed E-state index contributed by atoms with van der Waals surface area (Å²) in [4.78, 5) is 2.38. The van der Waals surface area contributed by atoms with Crippen molar-refractivity contribution in [3.63, 3.8) is 0 Å². The summed E-state index contributed by atoms with van der Waals surface area (Å²) in [5, 5.41) is 13.5. The maximum absolute atomic E-state index is 9.11. The molecule has 4 nitrogen and oxygen atoms in total. The summed E-state index contributed by atoms with van der Waals surface area (Å²) >= 11 is 3.58. The molecular weight excluding hydrogens is 270 g/mol. The molecule has 90 valence electrons. The molecule has 0 aromatic carbocycles. The Morgan fingerprint density at radius 1 is 1.56 bits per heavy atom. The van der Waals surface area contributed by atoms with Crippen molar-refractivity contribution >= 4 is 15.9 Å². The van der Waals surface area contributed by atoms with E-state index in [4.69, 9.17) is 5.11 Å². The lowest BCUT2D eigenvalue weighted by atomic mass is 10.1. The van der Waals surface area contributed by atoms with Gasteiger partial charge < -0.3 is 5.11 Å². The molecule has 1 aromatic rings. The van der Waals surface area contributed by atoms with Crippen LogP contribution >= 0.6 is 15.9 Å². The Morgan fingerprint density at radius 3 is 2.81 bits per heavy atom. The molecule has 16 heavy (non-hydrogen) atoms. The highest BCUT2D eigenvalue weighted by Gasteiger charge is 2.23. The van der Waals surface area contributed by atoms with Gasteiger partial charge in [-0.15, -0.1) is 0 Å².